The molecule has 0 aliphatic rings. The summed E-state index contributed by atoms with van der Waals surface area (Å²) in [5.74, 6) is -1.77. The molecular formula is C14H10BrF2NO2. The second kappa shape index (κ2) is 6.00. The van der Waals surface area contributed by atoms with Gasteiger partial charge in [0.05, 0.1) is 16.6 Å². The molecule has 2 aromatic rings. The van der Waals surface area contributed by atoms with Gasteiger partial charge in [-0.05, 0) is 39.7 Å². The minimum Gasteiger partial charge on any atom is -0.508 e. The van der Waals surface area contributed by atoms with Crippen LogP contribution >= 0.6 is 15.9 Å². The number of carbonyl (C=O) groups is 1. The third-order valence-electron chi connectivity index (χ3n) is 2.59. The number of hydrogen-bond donors (Lipinski definition) is 2. The molecule has 3 nitrogen and oxygen atoms in total. The van der Waals surface area contributed by atoms with E-state index in [-0.39, 0.29) is 22.3 Å². The maximum atomic E-state index is 13.5. The van der Waals surface area contributed by atoms with E-state index < -0.39 is 17.5 Å². The van der Waals surface area contributed by atoms with Crippen molar-refractivity contribution in [2.45, 2.75) is 6.42 Å². The Hall–Kier alpha value is -1.95. The van der Waals surface area contributed by atoms with E-state index in [1.54, 1.807) is 12.1 Å². The van der Waals surface area contributed by atoms with Crippen LogP contribution in [0.25, 0.3) is 0 Å². The van der Waals surface area contributed by atoms with Crippen LogP contribution in [0.4, 0.5) is 14.5 Å². The number of nitrogens with one attached hydrogen (secondary N) is 1. The Morgan fingerprint density at radius 3 is 2.45 bits per heavy atom. The fourth-order valence-electron chi connectivity index (χ4n) is 1.61. The molecular weight excluding hydrogens is 332 g/mol. The lowest BCUT2D eigenvalue weighted by molar-refractivity contribution is -0.115. The molecule has 0 bridgehead atoms. The quantitative estimate of drug-likeness (QED) is 0.838. The number of phenolic OH excluding ortho intramolecular Hbond substituents is 1. The first-order chi connectivity index (χ1) is 9.45. The van der Waals surface area contributed by atoms with Crippen LogP contribution < -0.4 is 5.32 Å². The zero-order chi connectivity index (χ0) is 14.7. The van der Waals surface area contributed by atoms with Crippen molar-refractivity contribution in [3.8, 4) is 5.75 Å². The average molecular weight is 342 g/mol. The Morgan fingerprint density at radius 1 is 1.15 bits per heavy atom. The summed E-state index contributed by atoms with van der Waals surface area (Å²) >= 11 is 2.86. The predicted molar refractivity (Wildman–Crippen MR) is 74.5 cm³/mol. The van der Waals surface area contributed by atoms with Gasteiger partial charge in [-0.25, -0.2) is 8.78 Å². The van der Waals surface area contributed by atoms with Gasteiger partial charge in [-0.15, -0.1) is 0 Å². The second-order valence-corrected chi connectivity index (χ2v) is 4.99. The van der Waals surface area contributed by atoms with Gasteiger partial charge in [-0.1, -0.05) is 12.1 Å². The molecule has 0 fully saturated rings. The van der Waals surface area contributed by atoms with Gasteiger partial charge in [0, 0.05) is 6.07 Å². The predicted octanol–water partition coefficient (Wildman–Crippen LogP) is 3.61. The molecule has 0 saturated carbocycles. The molecule has 0 spiro atoms. The zero-order valence-corrected chi connectivity index (χ0v) is 11.7. The molecule has 2 rings (SSSR count). The van der Waals surface area contributed by atoms with Crippen LogP contribution in [0.2, 0.25) is 0 Å². The Balaban J connectivity index is 2.08. The molecule has 2 N–H and O–H groups in total. The Morgan fingerprint density at radius 2 is 1.80 bits per heavy atom. The molecule has 20 heavy (non-hydrogen) atoms. The third-order valence-corrected chi connectivity index (χ3v) is 3.19. The fraction of sp³-hybridized carbons (Fsp3) is 0.0714. The van der Waals surface area contributed by atoms with E-state index in [1.807, 2.05) is 0 Å². The lowest BCUT2D eigenvalue weighted by Crippen LogP contribution is -2.15. The van der Waals surface area contributed by atoms with E-state index >= 15 is 0 Å². The van der Waals surface area contributed by atoms with Crippen molar-refractivity contribution in [3.05, 3.63) is 58.1 Å². The molecule has 0 unspecified atom stereocenters. The minimum absolute atomic E-state index is 0.00258. The summed E-state index contributed by atoms with van der Waals surface area (Å²) in [6.45, 7) is 0. The molecule has 6 heteroatoms. The molecule has 0 aliphatic carbocycles. The van der Waals surface area contributed by atoms with Crippen LogP contribution in [-0.2, 0) is 11.2 Å². The second-order valence-electron chi connectivity index (χ2n) is 4.14. The van der Waals surface area contributed by atoms with Crippen LogP contribution in [0.3, 0.4) is 0 Å². The summed E-state index contributed by atoms with van der Waals surface area (Å²) < 4.78 is 26.8. The SMILES string of the molecule is O=C(Cc1ccc(O)cc1)Nc1cc(F)c(Br)cc1F. The first kappa shape index (κ1) is 14.5. The smallest absolute Gasteiger partial charge is 0.228 e. The first-order valence-electron chi connectivity index (χ1n) is 5.68. The van der Waals surface area contributed by atoms with E-state index in [2.05, 4.69) is 21.2 Å². The van der Waals surface area contributed by atoms with Gasteiger partial charge in [-0.2, -0.15) is 0 Å². The van der Waals surface area contributed by atoms with Crippen LogP contribution in [-0.4, -0.2) is 11.0 Å². The average Bonchev–Trinajstić information content (AvgIpc) is 2.39. The summed E-state index contributed by atoms with van der Waals surface area (Å²) in [5, 5.41) is 11.4. The highest BCUT2D eigenvalue weighted by atomic mass is 79.9. The van der Waals surface area contributed by atoms with Gasteiger partial charge < -0.3 is 10.4 Å². The van der Waals surface area contributed by atoms with Gasteiger partial charge in [0.15, 0.2) is 0 Å². The molecule has 0 aliphatic heterocycles. The summed E-state index contributed by atoms with van der Waals surface area (Å²) in [5.41, 5.74) is 0.438. The molecule has 0 aromatic heterocycles. The number of anilines is 1. The Bertz CT molecular complexity index is 644. The van der Waals surface area contributed by atoms with E-state index in [4.69, 9.17) is 5.11 Å². The highest BCUT2D eigenvalue weighted by Crippen LogP contribution is 2.23. The lowest BCUT2D eigenvalue weighted by atomic mass is 10.1. The number of carbonyl (C=O) groups excluding carboxylic acids is 1. The molecule has 0 heterocycles. The number of hydrogen-bond acceptors (Lipinski definition) is 2. The molecule has 104 valence electrons. The largest absolute Gasteiger partial charge is 0.508 e. The molecule has 2 aromatic carbocycles. The number of benzene rings is 2. The number of halogens is 3. The van der Waals surface area contributed by atoms with Crippen molar-refractivity contribution in [2.24, 2.45) is 0 Å². The van der Waals surface area contributed by atoms with Crippen molar-refractivity contribution in [3.63, 3.8) is 0 Å². The van der Waals surface area contributed by atoms with E-state index in [0.29, 0.717) is 5.56 Å². The maximum absolute atomic E-state index is 13.5. The molecule has 0 saturated heterocycles. The number of amides is 1. The van der Waals surface area contributed by atoms with Crippen LogP contribution in [0.1, 0.15) is 5.56 Å². The molecule has 0 radical (unpaired) electrons. The first-order valence-corrected chi connectivity index (χ1v) is 6.47. The summed E-state index contributed by atoms with van der Waals surface area (Å²) in [4.78, 5) is 11.7. The van der Waals surface area contributed by atoms with Crippen LogP contribution in [0.5, 0.6) is 5.75 Å². The highest BCUT2D eigenvalue weighted by Gasteiger charge is 2.11. The maximum Gasteiger partial charge on any atom is 0.228 e. The van der Waals surface area contributed by atoms with E-state index in [0.717, 1.165) is 12.1 Å². The van der Waals surface area contributed by atoms with E-state index in [1.165, 1.54) is 12.1 Å². The van der Waals surface area contributed by atoms with Crippen molar-refractivity contribution >= 4 is 27.5 Å². The normalized spacial score (nSPS) is 10.3. The molecule has 1 amide bonds. The van der Waals surface area contributed by atoms with Gasteiger partial charge in [-0.3, -0.25) is 4.79 Å². The number of phenols is 1. The van der Waals surface area contributed by atoms with Crippen molar-refractivity contribution in [1.29, 1.82) is 0 Å². The van der Waals surface area contributed by atoms with Gasteiger partial charge in [0.2, 0.25) is 5.91 Å². The standard InChI is InChI=1S/C14H10BrF2NO2/c15-10-6-12(17)13(7-11(10)16)18-14(20)5-8-1-3-9(19)4-2-8/h1-4,6-7,19H,5H2,(H,18,20). The van der Waals surface area contributed by atoms with Gasteiger partial charge in [0.1, 0.15) is 17.4 Å². The Labute approximate surface area is 122 Å². The van der Waals surface area contributed by atoms with Crippen molar-refractivity contribution in [2.75, 3.05) is 5.32 Å². The number of aromatic hydroxyl groups is 1. The third kappa shape index (κ3) is 3.54. The minimum atomic E-state index is -0.725. The van der Waals surface area contributed by atoms with Crippen molar-refractivity contribution < 1.29 is 18.7 Å². The topological polar surface area (TPSA) is 49.3 Å². The summed E-state index contributed by atoms with van der Waals surface area (Å²) in [6.07, 6.45) is -0.00258. The fourth-order valence-corrected chi connectivity index (χ4v) is 1.93. The van der Waals surface area contributed by atoms with Gasteiger partial charge >= 0.3 is 0 Å². The Kier molecular flexibility index (Phi) is 4.34. The molecule has 0 atom stereocenters. The van der Waals surface area contributed by atoms with Gasteiger partial charge in [0.25, 0.3) is 0 Å². The van der Waals surface area contributed by atoms with Crippen LogP contribution in [0.15, 0.2) is 40.9 Å². The zero-order valence-electron chi connectivity index (χ0n) is 10.2. The van der Waals surface area contributed by atoms with Crippen LogP contribution in [0, 0.1) is 11.6 Å². The highest BCUT2D eigenvalue weighted by molar-refractivity contribution is 9.10. The van der Waals surface area contributed by atoms with E-state index in [9.17, 15) is 13.6 Å². The van der Waals surface area contributed by atoms with Crippen molar-refractivity contribution in [1.82, 2.24) is 0 Å². The summed E-state index contributed by atoms with van der Waals surface area (Å²) in [7, 11) is 0. The number of rotatable bonds is 3. The monoisotopic (exact) mass is 341 g/mol. The summed E-state index contributed by atoms with van der Waals surface area (Å²) in [6, 6.07) is 7.91. The lowest BCUT2D eigenvalue weighted by Gasteiger charge is -2.07.